The van der Waals surface area contributed by atoms with Crippen LogP contribution in [0.15, 0.2) is 29.2 Å². The zero-order chi connectivity index (χ0) is 18.0. The minimum atomic E-state index is -3.34. The Labute approximate surface area is 143 Å². The van der Waals surface area contributed by atoms with Crippen LogP contribution in [0.25, 0.3) is 0 Å². The van der Waals surface area contributed by atoms with Crippen molar-refractivity contribution >= 4 is 16.0 Å². The Bertz CT molecular complexity index is 676. The van der Waals surface area contributed by atoms with Gasteiger partial charge in [0, 0.05) is 13.1 Å². The van der Waals surface area contributed by atoms with Gasteiger partial charge < -0.3 is 9.57 Å². The first-order chi connectivity index (χ1) is 11.0. The summed E-state index contributed by atoms with van der Waals surface area (Å²) in [6.45, 7) is 8.09. The number of nitrogens with zero attached hydrogens (tertiary/aromatic N) is 1. The molecule has 2 rings (SSSR count). The van der Waals surface area contributed by atoms with Gasteiger partial charge in [-0.05, 0) is 52.2 Å². The molecule has 0 amide bonds. The normalized spacial score (nSPS) is 19.2. The number of hydroxylamine groups is 2. The summed E-state index contributed by atoms with van der Waals surface area (Å²) < 4.78 is 30.0. The molecule has 0 radical (unpaired) electrons. The van der Waals surface area contributed by atoms with Gasteiger partial charge in [-0.1, -0.05) is 17.7 Å². The molecule has 134 valence electrons. The molecule has 1 aromatic carbocycles. The lowest BCUT2D eigenvalue weighted by molar-refractivity contribution is -0.131. The molecule has 0 aliphatic carbocycles. The van der Waals surface area contributed by atoms with Gasteiger partial charge >= 0.3 is 6.16 Å². The molecule has 1 aliphatic rings. The molecule has 24 heavy (non-hydrogen) atoms. The molecule has 0 spiro atoms. The highest BCUT2D eigenvalue weighted by Gasteiger charge is 2.31. The molecule has 1 fully saturated rings. The van der Waals surface area contributed by atoms with E-state index in [4.69, 9.17) is 9.57 Å². The molecule has 1 atom stereocenters. The molecule has 0 N–H and O–H groups in total. The maximum atomic E-state index is 12.5. The van der Waals surface area contributed by atoms with E-state index in [1.54, 1.807) is 45.0 Å². The average molecular weight is 355 g/mol. The Morgan fingerprint density at radius 3 is 2.46 bits per heavy atom. The van der Waals surface area contributed by atoms with E-state index in [2.05, 4.69) is 0 Å². The van der Waals surface area contributed by atoms with E-state index in [1.807, 2.05) is 6.92 Å². The third-order valence-corrected chi connectivity index (χ3v) is 5.58. The van der Waals surface area contributed by atoms with Crippen LogP contribution in [0.5, 0.6) is 0 Å². The summed E-state index contributed by atoms with van der Waals surface area (Å²) >= 11 is 0. The lowest BCUT2D eigenvalue weighted by atomic mass is 10.2. The highest BCUT2D eigenvalue weighted by atomic mass is 32.2. The molecule has 1 unspecified atom stereocenters. The first-order valence-electron chi connectivity index (χ1n) is 8.00. The van der Waals surface area contributed by atoms with Gasteiger partial charge in [-0.25, -0.2) is 13.2 Å². The van der Waals surface area contributed by atoms with Crippen LogP contribution < -0.4 is 0 Å². The van der Waals surface area contributed by atoms with Crippen LogP contribution in [-0.4, -0.2) is 44.1 Å². The molecule has 1 aliphatic heterocycles. The van der Waals surface area contributed by atoms with Gasteiger partial charge in [0.2, 0.25) is 0 Å². The summed E-state index contributed by atoms with van der Waals surface area (Å²) in [6.07, 6.45) is -0.0991. The SMILES string of the molecule is Cc1ccc(S(=O)(=O)CC2CCN(OC(=O)OC(C)(C)C)C2)cc1. The van der Waals surface area contributed by atoms with Crippen LogP contribution >= 0.6 is 0 Å². The Morgan fingerprint density at radius 1 is 1.25 bits per heavy atom. The summed E-state index contributed by atoms with van der Waals surface area (Å²) in [5, 5.41) is 1.48. The van der Waals surface area contributed by atoms with Gasteiger partial charge in [0.25, 0.3) is 0 Å². The number of carbonyl (C=O) groups is 1. The fraction of sp³-hybridized carbons (Fsp3) is 0.588. The number of sulfone groups is 1. The van der Waals surface area contributed by atoms with Gasteiger partial charge in [-0.15, -0.1) is 5.06 Å². The number of carbonyl (C=O) groups excluding carboxylic acids is 1. The molecule has 7 heteroatoms. The van der Waals surface area contributed by atoms with E-state index in [0.717, 1.165) is 5.56 Å². The van der Waals surface area contributed by atoms with E-state index in [0.29, 0.717) is 24.4 Å². The average Bonchev–Trinajstić information content (AvgIpc) is 2.83. The quantitative estimate of drug-likeness (QED) is 0.773. The molecule has 0 saturated carbocycles. The maximum Gasteiger partial charge on any atom is 0.528 e. The van der Waals surface area contributed by atoms with E-state index in [-0.39, 0.29) is 11.7 Å². The van der Waals surface area contributed by atoms with Crippen molar-refractivity contribution in [3.63, 3.8) is 0 Å². The summed E-state index contributed by atoms with van der Waals surface area (Å²) in [6, 6.07) is 6.85. The Morgan fingerprint density at radius 2 is 1.88 bits per heavy atom. The van der Waals surface area contributed by atoms with Crippen LogP contribution in [0.4, 0.5) is 4.79 Å². The van der Waals surface area contributed by atoms with E-state index in [9.17, 15) is 13.2 Å². The zero-order valence-corrected chi connectivity index (χ0v) is 15.4. The fourth-order valence-corrected chi connectivity index (χ4v) is 4.18. The molecule has 6 nitrogen and oxygen atoms in total. The van der Waals surface area contributed by atoms with Gasteiger partial charge in [0.05, 0.1) is 10.6 Å². The van der Waals surface area contributed by atoms with Crippen LogP contribution in [-0.2, 0) is 19.4 Å². The standard InChI is InChI=1S/C17H25NO5S/c1-13-5-7-15(8-6-13)24(20,21)12-14-9-10-18(11-14)23-16(19)22-17(2,3)4/h5-8,14H,9-12H2,1-4H3. The van der Waals surface area contributed by atoms with Crippen molar-refractivity contribution in [1.82, 2.24) is 5.06 Å². The molecular formula is C17H25NO5S. The monoisotopic (exact) mass is 355 g/mol. The first kappa shape index (κ1) is 18.7. The Kier molecular flexibility index (Phi) is 5.55. The number of aryl methyl sites for hydroxylation is 1. The summed E-state index contributed by atoms with van der Waals surface area (Å²) in [5.41, 5.74) is 0.400. The predicted octanol–water partition coefficient (Wildman–Crippen LogP) is 2.96. The lowest BCUT2D eigenvalue weighted by Crippen LogP contribution is -2.31. The predicted molar refractivity (Wildman–Crippen MR) is 90.2 cm³/mol. The van der Waals surface area contributed by atoms with Crippen LogP contribution in [0, 0.1) is 12.8 Å². The smallest absolute Gasteiger partial charge is 0.427 e. The van der Waals surface area contributed by atoms with Crippen molar-refractivity contribution in [1.29, 1.82) is 0 Å². The maximum absolute atomic E-state index is 12.5. The molecule has 1 aromatic rings. The van der Waals surface area contributed by atoms with Gasteiger partial charge in [0.1, 0.15) is 5.60 Å². The van der Waals surface area contributed by atoms with Crippen molar-refractivity contribution < 1.29 is 22.8 Å². The second-order valence-electron chi connectivity index (χ2n) is 7.19. The number of benzene rings is 1. The second kappa shape index (κ2) is 7.11. The molecule has 1 saturated heterocycles. The third kappa shape index (κ3) is 5.49. The van der Waals surface area contributed by atoms with Crippen LogP contribution in [0.1, 0.15) is 32.8 Å². The molecule has 1 heterocycles. The molecule has 0 bridgehead atoms. The van der Waals surface area contributed by atoms with Crippen LogP contribution in [0.2, 0.25) is 0 Å². The minimum absolute atomic E-state index is 0.0459. The Balaban J connectivity index is 1.89. The van der Waals surface area contributed by atoms with Gasteiger partial charge in [0.15, 0.2) is 9.84 Å². The largest absolute Gasteiger partial charge is 0.528 e. The summed E-state index contributed by atoms with van der Waals surface area (Å²) in [7, 11) is -3.34. The van der Waals surface area contributed by atoms with Crippen molar-refractivity contribution in [3.05, 3.63) is 29.8 Å². The highest BCUT2D eigenvalue weighted by molar-refractivity contribution is 7.91. The molecular weight excluding hydrogens is 330 g/mol. The van der Waals surface area contributed by atoms with Gasteiger partial charge in [-0.2, -0.15) is 0 Å². The van der Waals surface area contributed by atoms with E-state index >= 15 is 0 Å². The van der Waals surface area contributed by atoms with Gasteiger partial charge in [-0.3, -0.25) is 0 Å². The summed E-state index contributed by atoms with van der Waals surface area (Å²) in [5.74, 6) is -0.0247. The lowest BCUT2D eigenvalue weighted by Gasteiger charge is -2.21. The number of hydrogen-bond donors (Lipinski definition) is 0. The van der Waals surface area contributed by atoms with Crippen LogP contribution in [0.3, 0.4) is 0 Å². The Hall–Kier alpha value is -1.60. The van der Waals surface area contributed by atoms with Crippen molar-refractivity contribution in [2.45, 2.75) is 44.6 Å². The third-order valence-electron chi connectivity index (χ3n) is 3.68. The highest BCUT2D eigenvalue weighted by Crippen LogP contribution is 2.23. The second-order valence-corrected chi connectivity index (χ2v) is 9.23. The topological polar surface area (TPSA) is 72.9 Å². The fourth-order valence-electron chi connectivity index (χ4n) is 2.54. The van der Waals surface area contributed by atoms with Crippen molar-refractivity contribution in [3.8, 4) is 0 Å². The van der Waals surface area contributed by atoms with Crippen molar-refractivity contribution in [2.75, 3.05) is 18.8 Å². The van der Waals surface area contributed by atoms with E-state index < -0.39 is 21.6 Å². The van der Waals surface area contributed by atoms with Crippen molar-refractivity contribution in [2.24, 2.45) is 5.92 Å². The van der Waals surface area contributed by atoms with E-state index in [1.165, 1.54) is 5.06 Å². The zero-order valence-electron chi connectivity index (χ0n) is 14.6. The summed E-state index contributed by atoms with van der Waals surface area (Å²) in [4.78, 5) is 17.1. The first-order valence-corrected chi connectivity index (χ1v) is 9.66. The number of rotatable bonds is 4. The molecule has 0 aromatic heterocycles. The number of hydrogen-bond acceptors (Lipinski definition) is 6. The minimum Gasteiger partial charge on any atom is -0.427 e. The number of ether oxygens (including phenoxy) is 1.